The normalized spacial score (nSPS) is 14.5. The average molecular weight is 502 g/mol. The summed E-state index contributed by atoms with van der Waals surface area (Å²) < 4.78 is 6.97. The lowest BCUT2D eigenvalue weighted by molar-refractivity contribution is -0.142. The molecule has 2 aromatic carbocycles. The molecule has 1 heterocycles. The van der Waals surface area contributed by atoms with Gasteiger partial charge in [0.05, 0.1) is 7.11 Å². The van der Waals surface area contributed by atoms with Crippen LogP contribution in [-0.4, -0.2) is 29.0 Å². The Balaban J connectivity index is 2.07. The molecule has 0 bridgehead atoms. The number of aliphatic carboxylic acids is 1. The Kier molecular flexibility index (Phi) is 4.82. The molecule has 0 aromatic heterocycles. The number of carboxylic acid groups (broad SMARTS) is 1. The molecule has 24 heavy (non-hydrogen) atoms. The Bertz CT molecular complexity index is 839. The van der Waals surface area contributed by atoms with Crippen LogP contribution < -0.4 is 4.74 Å². The smallest absolute Gasteiger partial charge is 0.331 e. The van der Waals surface area contributed by atoms with E-state index in [2.05, 4.69) is 38.5 Å². The number of amides is 1. The van der Waals surface area contributed by atoms with Crippen LogP contribution >= 0.6 is 38.5 Å². The molecule has 1 unspecified atom stereocenters. The van der Waals surface area contributed by atoms with Gasteiger partial charge >= 0.3 is 5.97 Å². The molecule has 0 aliphatic carbocycles. The van der Waals surface area contributed by atoms with Crippen LogP contribution in [0.25, 0.3) is 0 Å². The highest BCUT2D eigenvalue weighted by atomic mass is 127. The lowest BCUT2D eigenvalue weighted by atomic mass is 10.0. The standard InChI is InChI=1S/C17H13BrINO4/c1-24-14-5-4-11(19)7-13(14)15(17(22)23)20-8-9-2-3-10(18)6-12(9)16(20)21/h2-7,15H,8H2,1H3,(H,22,23). The summed E-state index contributed by atoms with van der Waals surface area (Å²) in [5.41, 5.74) is 1.82. The second kappa shape index (κ2) is 6.72. The quantitative estimate of drug-likeness (QED) is 0.646. The van der Waals surface area contributed by atoms with Gasteiger partial charge in [0, 0.05) is 25.7 Å². The minimum atomic E-state index is -1.10. The van der Waals surface area contributed by atoms with Crippen molar-refractivity contribution in [2.45, 2.75) is 12.6 Å². The number of hydrogen-bond donors (Lipinski definition) is 1. The summed E-state index contributed by atoms with van der Waals surface area (Å²) in [4.78, 5) is 26.1. The highest BCUT2D eigenvalue weighted by molar-refractivity contribution is 14.1. The highest BCUT2D eigenvalue weighted by Gasteiger charge is 2.38. The minimum absolute atomic E-state index is 0.257. The third-order valence-electron chi connectivity index (χ3n) is 3.94. The molecule has 3 rings (SSSR count). The molecule has 124 valence electrons. The van der Waals surface area contributed by atoms with E-state index >= 15 is 0 Å². The number of nitrogens with zero attached hydrogens (tertiary/aromatic N) is 1. The first-order valence-corrected chi connectivity index (χ1v) is 8.95. The fourth-order valence-corrected chi connectivity index (χ4v) is 3.73. The number of carbonyl (C=O) groups is 2. The predicted octanol–water partition coefficient (Wildman–Crippen LogP) is 3.84. The van der Waals surface area contributed by atoms with E-state index < -0.39 is 12.0 Å². The molecule has 1 aliphatic heterocycles. The lowest BCUT2D eigenvalue weighted by Crippen LogP contribution is -2.34. The molecule has 2 aromatic rings. The number of benzene rings is 2. The molecule has 1 atom stereocenters. The molecular formula is C17H13BrINO4. The zero-order chi connectivity index (χ0) is 17.4. The molecular weight excluding hydrogens is 489 g/mol. The van der Waals surface area contributed by atoms with Crippen molar-refractivity contribution < 1.29 is 19.4 Å². The van der Waals surface area contributed by atoms with Crippen molar-refractivity contribution in [2.24, 2.45) is 0 Å². The Hall–Kier alpha value is -1.61. The van der Waals surface area contributed by atoms with Crippen molar-refractivity contribution in [3.05, 3.63) is 61.1 Å². The number of rotatable bonds is 4. The van der Waals surface area contributed by atoms with Gasteiger partial charge in [0.1, 0.15) is 5.75 Å². The second-order valence-corrected chi connectivity index (χ2v) is 7.52. The topological polar surface area (TPSA) is 66.8 Å². The van der Waals surface area contributed by atoms with E-state index in [0.29, 0.717) is 16.9 Å². The van der Waals surface area contributed by atoms with Crippen molar-refractivity contribution in [1.29, 1.82) is 0 Å². The summed E-state index contributed by atoms with van der Waals surface area (Å²) in [7, 11) is 1.49. The number of ether oxygens (including phenoxy) is 1. The Morgan fingerprint density at radius 1 is 1.33 bits per heavy atom. The van der Waals surface area contributed by atoms with Gasteiger partial charge in [-0.25, -0.2) is 4.79 Å². The first-order chi connectivity index (χ1) is 11.4. The van der Waals surface area contributed by atoms with Gasteiger partial charge in [0.25, 0.3) is 5.91 Å². The summed E-state index contributed by atoms with van der Waals surface area (Å²) in [6.45, 7) is 0.257. The van der Waals surface area contributed by atoms with E-state index in [4.69, 9.17) is 4.74 Å². The summed E-state index contributed by atoms with van der Waals surface area (Å²) >= 11 is 5.46. The Morgan fingerprint density at radius 3 is 2.75 bits per heavy atom. The average Bonchev–Trinajstić information content (AvgIpc) is 2.84. The molecule has 1 N–H and O–H groups in total. The molecule has 0 saturated heterocycles. The molecule has 0 saturated carbocycles. The molecule has 1 aliphatic rings. The van der Waals surface area contributed by atoms with E-state index in [9.17, 15) is 14.7 Å². The van der Waals surface area contributed by atoms with E-state index in [1.165, 1.54) is 12.0 Å². The summed E-state index contributed by atoms with van der Waals surface area (Å²) in [5.74, 6) is -0.928. The van der Waals surface area contributed by atoms with E-state index in [0.717, 1.165) is 13.6 Å². The van der Waals surface area contributed by atoms with Crippen molar-refractivity contribution in [3.8, 4) is 5.75 Å². The maximum absolute atomic E-state index is 12.8. The summed E-state index contributed by atoms with van der Waals surface area (Å²) in [6, 6.07) is 9.59. The first kappa shape index (κ1) is 17.2. The minimum Gasteiger partial charge on any atom is -0.496 e. The van der Waals surface area contributed by atoms with Crippen LogP contribution in [0.3, 0.4) is 0 Å². The maximum atomic E-state index is 12.8. The lowest BCUT2D eigenvalue weighted by Gasteiger charge is -2.26. The number of methoxy groups -OCH3 is 1. The molecule has 0 radical (unpaired) electrons. The van der Waals surface area contributed by atoms with Crippen molar-refractivity contribution in [2.75, 3.05) is 7.11 Å². The van der Waals surface area contributed by atoms with Crippen LogP contribution in [0.4, 0.5) is 0 Å². The zero-order valence-electron chi connectivity index (χ0n) is 12.6. The summed E-state index contributed by atoms with van der Waals surface area (Å²) in [5, 5.41) is 9.79. The fraction of sp³-hybridized carbons (Fsp3) is 0.176. The van der Waals surface area contributed by atoms with E-state index in [1.807, 2.05) is 18.2 Å². The maximum Gasteiger partial charge on any atom is 0.331 e. The molecule has 1 amide bonds. The number of carbonyl (C=O) groups excluding carboxylic acids is 1. The van der Waals surface area contributed by atoms with Gasteiger partial charge < -0.3 is 14.7 Å². The van der Waals surface area contributed by atoms with Crippen LogP contribution in [0.2, 0.25) is 0 Å². The molecule has 0 spiro atoms. The van der Waals surface area contributed by atoms with Gasteiger partial charge in [-0.05, 0) is 58.5 Å². The molecule has 5 nitrogen and oxygen atoms in total. The van der Waals surface area contributed by atoms with Gasteiger partial charge in [0.15, 0.2) is 6.04 Å². The fourth-order valence-electron chi connectivity index (χ4n) is 2.86. The van der Waals surface area contributed by atoms with Crippen LogP contribution in [0.1, 0.15) is 27.5 Å². The number of fused-ring (bicyclic) bond motifs is 1. The first-order valence-electron chi connectivity index (χ1n) is 7.08. The van der Waals surface area contributed by atoms with Crippen LogP contribution in [0.15, 0.2) is 40.9 Å². The third-order valence-corrected chi connectivity index (χ3v) is 5.10. The number of carboxylic acids is 1. The SMILES string of the molecule is COc1ccc(I)cc1C(C(=O)O)N1Cc2ccc(Br)cc2C1=O. The van der Waals surface area contributed by atoms with Crippen molar-refractivity contribution >= 4 is 50.4 Å². The largest absolute Gasteiger partial charge is 0.496 e. The number of halogens is 2. The second-order valence-electron chi connectivity index (χ2n) is 5.36. The zero-order valence-corrected chi connectivity index (χ0v) is 16.4. The predicted molar refractivity (Wildman–Crippen MR) is 100 cm³/mol. The van der Waals surface area contributed by atoms with Crippen molar-refractivity contribution in [3.63, 3.8) is 0 Å². The van der Waals surface area contributed by atoms with Gasteiger partial charge in [0.2, 0.25) is 0 Å². The third kappa shape index (κ3) is 3.02. The molecule has 0 fully saturated rings. The van der Waals surface area contributed by atoms with Crippen LogP contribution in [0.5, 0.6) is 5.75 Å². The van der Waals surface area contributed by atoms with Crippen molar-refractivity contribution in [1.82, 2.24) is 4.90 Å². The van der Waals surface area contributed by atoms with Gasteiger partial charge in [-0.2, -0.15) is 0 Å². The van der Waals surface area contributed by atoms with E-state index in [-0.39, 0.29) is 12.5 Å². The van der Waals surface area contributed by atoms with Gasteiger partial charge in [-0.3, -0.25) is 4.79 Å². The Labute approximate surface area is 160 Å². The molecule has 7 heteroatoms. The van der Waals surface area contributed by atoms with Gasteiger partial charge in [-0.15, -0.1) is 0 Å². The van der Waals surface area contributed by atoms with E-state index in [1.54, 1.807) is 18.2 Å². The van der Waals surface area contributed by atoms with Crippen LogP contribution in [0, 0.1) is 3.57 Å². The van der Waals surface area contributed by atoms with Gasteiger partial charge in [-0.1, -0.05) is 22.0 Å². The monoisotopic (exact) mass is 501 g/mol. The van der Waals surface area contributed by atoms with Crippen LogP contribution in [-0.2, 0) is 11.3 Å². The number of hydrogen-bond acceptors (Lipinski definition) is 3. The summed E-state index contributed by atoms with van der Waals surface area (Å²) in [6.07, 6.45) is 0. The Morgan fingerprint density at radius 2 is 2.08 bits per heavy atom. The highest BCUT2D eigenvalue weighted by Crippen LogP contribution is 2.37.